The summed E-state index contributed by atoms with van der Waals surface area (Å²) in [5.74, 6) is -0.0661. The maximum absolute atomic E-state index is 12.3. The minimum Gasteiger partial charge on any atom is -0.462 e. The minimum atomic E-state index is -4.77. The quantitative estimate of drug-likeness (QED) is 0.0183. The lowest BCUT2D eigenvalue weighted by Gasteiger charge is -2.18. The van der Waals surface area contributed by atoms with Crippen LogP contribution in [0.2, 0.25) is 0 Å². The number of ether oxygens (including phenoxy) is 2. The van der Waals surface area contributed by atoms with Gasteiger partial charge in [0, 0.05) is 19.3 Å². The van der Waals surface area contributed by atoms with E-state index in [9.17, 15) is 18.9 Å². The van der Waals surface area contributed by atoms with Crippen LogP contribution in [0, 0.1) is 5.92 Å². The molecule has 0 aliphatic rings. The first-order valence-electron chi connectivity index (χ1n) is 17.7. The van der Waals surface area contributed by atoms with Crippen LogP contribution < -0.4 is 0 Å². The van der Waals surface area contributed by atoms with E-state index in [1.807, 2.05) is 36.5 Å². The lowest BCUT2D eigenvalue weighted by atomic mass is 10.0. The third kappa shape index (κ3) is 34.8. The van der Waals surface area contributed by atoms with Crippen LogP contribution in [0.1, 0.15) is 143 Å². The zero-order valence-electron chi connectivity index (χ0n) is 29.3. The first kappa shape index (κ1) is 44.7. The number of esters is 2. The molecule has 9 nitrogen and oxygen atoms in total. The second kappa shape index (κ2) is 31.0. The molecule has 0 aliphatic carbocycles. The van der Waals surface area contributed by atoms with Crippen molar-refractivity contribution in [2.45, 2.75) is 149 Å². The molecule has 47 heavy (non-hydrogen) atoms. The van der Waals surface area contributed by atoms with Crippen LogP contribution in [-0.4, -0.2) is 46.8 Å². The lowest BCUT2D eigenvalue weighted by Crippen LogP contribution is -2.29. The maximum atomic E-state index is 12.3. The van der Waals surface area contributed by atoms with Crippen LogP contribution in [0.4, 0.5) is 0 Å². The molecule has 0 aromatic heterocycles. The molecule has 10 heteroatoms. The van der Waals surface area contributed by atoms with Gasteiger partial charge in [-0.3, -0.25) is 18.9 Å². The highest BCUT2D eigenvalue weighted by molar-refractivity contribution is 7.46. The normalized spacial score (nSPS) is 13.1. The number of ketones is 1. The van der Waals surface area contributed by atoms with Gasteiger partial charge in [0.2, 0.25) is 0 Å². The lowest BCUT2D eigenvalue weighted by molar-refractivity contribution is -0.161. The number of hydrogen-bond acceptors (Lipinski definition) is 7. The summed E-state index contributed by atoms with van der Waals surface area (Å²) in [6.07, 6.45) is 31.3. The van der Waals surface area contributed by atoms with Crippen molar-refractivity contribution in [3.05, 3.63) is 48.6 Å². The molecule has 0 radical (unpaired) electrons. The number of phosphoric ester groups is 1. The van der Waals surface area contributed by atoms with Gasteiger partial charge in [0.1, 0.15) is 6.61 Å². The first-order chi connectivity index (χ1) is 22.5. The highest BCUT2D eigenvalue weighted by Crippen LogP contribution is 2.36. The average Bonchev–Trinajstić information content (AvgIpc) is 3.01. The van der Waals surface area contributed by atoms with E-state index in [0.29, 0.717) is 25.7 Å². The van der Waals surface area contributed by atoms with E-state index in [-0.39, 0.29) is 25.2 Å². The fourth-order valence-corrected chi connectivity index (χ4v) is 4.92. The zero-order valence-corrected chi connectivity index (χ0v) is 30.2. The summed E-state index contributed by atoms with van der Waals surface area (Å²) in [7, 11) is -4.77. The van der Waals surface area contributed by atoms with E-state index >= 15 is 0 Å². The van der Waals surface area contributed by atoms with Crippen molar-refractivity contribution in [2.75, 3.05) is 13.2 Å². The zero-order chi connectivity index (χ0) is 35.0. The van der Waals surface area contributed by atoms with Crippen LogP contribution in [0.5, 0.6) is 0 Å². The van der Waals surface area contributed by atoms with Crippen molar-refractivity contribution in [3.8, 4) is 0 Å². The van der Waals surface area contributed by atoms with Gasteiger partial charge in [0.05, 0.1) is 6.61 Å². The van der Waals surface area contributed by atoms with Crippen molar-refractivity contribution in [1.29, 1.82) is 0 Å². The third-order valence-electron chi connectivity index (χ3n) is 7.25. The van der Waals surface area contributed by atoms with Gasteiger partial charge in [-0.2, -0.15) is 0 Å². The largest absolute Gasteiger partial charge is 0.469 e. The molecule has 0 aromatic carbocycles. The molecule has 0 rings (SSSR count). The fraction of sp³-hybridized carbons (Fsp3) is 0.703. The SMILES string of the molecule is CCCCCC(=O)/C=C/C=C\C/C=C\C/C=C\CCCC(=O)OC[C@H](COP(=O)(O)O)OC(=O)CCCCCCCCCCC(C)C. The smallest absolute Gasteiger partial charge is 0.462 e. The standard InChI is InChI=1S/C37H63O9P/c1-4-5-21-27-34(38)28-23-18-14-9-7-6-8-10-15-19-24-29-36(39)44-31-35(32-45-47(41,42)43)46-37(40)30-25-20-16-12-11-13-17-22-26-33(2)3/h6-7,10,14-15,18,23,28,33,35H,4-5,8-9,11-13,16-17,19-22,24-27,29-32H2,1-3H3,(H2,41,42,43)/b7-6-,15-10-,18-14-,28-23+/t35-/m1/s1. The molecule has 0 unspecified atom stereocenters. The Bertz CT molecular complexity index is 978. The predicted octanol–water partition coefficient (Wildman–Crippen LogP) is 9.43. The number of rotatable bonds is 31. The summed E-state index contributed by atoms with van der Waals surface area (Å²) in [6.45, 7) is 5.71. The van der Waals surface area contributed by atoms with Gasteiger partial charge >= 0.3 is 19.8 Å². The van der Waals surface area contributed by atoms with Gasteiger partial charge in [-0.1, -0.05) is 128 Å². The summed E-state index contributed by atoms with van der Waals surface area (Å²) >= 11 is 0. The van der Waals surface area contributed by atoms with Gasteiger partial charge in [-0.25, -0.2) is 4.57 Å². The number of phosphoric acid groups is 1. The summed E-state index contributed by atoms with van der Waals surface area (Å²) < 4.78 is 26.1. The molecule has 0 bridgehead atoms. The van der Waals surface area contributed by atoms with Gasteiger partial charge in [-0.15, -0.1) is 0 Å². The summed E-state index contributed by atoms with van der Waals surface area (Å²) in [4.78, 5) is 54.2. The summed E-state index contributed by atoms with van der Waals surface area (Å²) in [6, 6.07) is 0. The molecule has 0 saturated carbocycles. The van der Waals surface area contributed by atoms with Crippen molar-refractivity contribution in [2.24, 2.45) is 5.92 Å². The highest BCUT2D eigenvalue weighted by atomic mass is 31.2. The van der Waals surface area contributed by atoms with Crippen molar-refractivity contribution < 1.29 is 42.7 Å². The molecular weight excluding hydrogens is 619 g/mol. The average molecular weight is 683 g/mol. The Kier molecular flexibility index (Phi) is 29.4. The first-order valence-corrected chi connectivity index (χ1v) is 19.3. The highest BCUT2D eigenvalue weighted by Gasteiger charge is 2.22. The molecule has 0 heterocycles. The second-order valence-corrected chi connectivity index (χ2v) is 13.6. The van der Waals surface area contributed by atoms with E-state index < -0.39 is 32.5 Å². The third-order valence-corrected chi connectivity index (χ3v) is 7.74. The molecule has 0 saturated heterocycles. The predicted molar refractivity (Wildman–Crippen MR) is 189 cm³/mol. The van der Waals surface area contributed by atoms with E-state index in [1.54, 1.807) is 12.2 Å². The van der Waals surface area contributed by atoms with Crippen LogP contribution in [0.15, 0.2) is 48.6 Å². The number of unbranched alkanes of at least 4 members (excludes halogenated alkanes) is 10. The fourth-order valence-electron chi connectivity index (χ4n) is 4.56. The monoisotopic (exact) mass is 682 g/mol. The van der Waals surface area contributed by atoms with E-state index in [1.165, 1.54) is 32.1 Å². The number of allylic oxidation sites excluding steroid dienone is 8. The molecule has 270 valence electrons. The molecule has 0 amide bonds. The van der Waals surface area contributed by atoms with E-state index in [0.717, 1.165) is 57.3 Å². The van der Waals surface area contributed by atoms with Gasteiger partial charge in [-0.05, 0) is 50.5 Å². The maximum Gasteiger partial charge on any atom is 0.469 e. The topological polar surface area (TPSA) is 136 Å². The summed E-state index contributed by atoms with van der Waals surface area (Å²) in [5.41, 5.74) is 0. The Morgan fingerprint density at radius 3 is 1.94 bits per heavy atom. The van der Waals surface area contributed by atoms with Crippen molar-refractivity contribution in [3.63, 3.8) is 0 Å². The summed E-state index contributed by atoms with van der Waals surface area (Å²) in [5, 5.41) is 0. The van der Waals surface area contributed by atoms with Gasteiger partial charge < -0.3 is 19.3 Å². The Morgan fingerprint density at radius 2 is 1.28 bits per heavy atom. The van der Waals surface area contributed by atoms with Gasteiger partial charge in [0.15, 0.2) is 11.9 Å². The van der Waals surface area contributed by atoms with Crippen LogP contribution in [0.25, 0.3) is 0 Å². The Labute approximate surface area is 284 Å². The second-order valence-electron chi connectivity index (χ2n) is 12.4. The van der Waals surface area contributed by atoms with Crippen LogP contribution >= 0.6 is 7.82 Å². The number of carbonyl (C=O) groups excluding carboxylic acids is 3. The molecule has 0 fully saturated rings. The van der Waals surface area contributed by atoms with Crippen LogP contribution in [0.3, 0.4) is 0 Å². The molecule has 2 N–H and O–H groups in total. The Balaban J connectivity index is 4.15. The van der Waals surface area contributed by atoms with E-state index in [4.69, 9.17) is 19.3 Å². The number of hydrogen-bond donors (Lipinski definition) is 2. The number of carbonyl (C=O) groups is 3. The van der Waals surface area contributed by atoms with Crippen molar-refractivity contribution in [1.82, 2.24) is 0 Å². The molecular formula is C37H63O9P. The minimum absolute atomic E-state index is 0.164. The molecule has 1 atom stereocenters. The molecule has 0 spiro atoms. The Morgan fingerprint density at radius 1 is 0.681 bits per heavy atom. The van der Waals surface area contributed by atoms with Crippen LogP contribution in [-0.2, 0) is 32.9 Å². The molecule has 0 aromatic rings. The molecule has 0 aliphatic heterocycles. The van der Waals surface area contributed by atoms with Crippen molar-refractivity contribution >= 4 is 25.5 Å². The van der Waals surface area contributed by atoms with E-state index in [2.05, 4.69) is 25.3 Å². The Hall–Kier alpha value is -2.32. The van der Waals surface area contributed by atoms with Gasteiger partial charge in [0.25, 0.3) is 0 Å².